The molecule has 300 valence electrons. The summed E-state index contributed by atoms with van der Waals surface area (Å²) in [5, 5.41) is 16.6. The summed E-state index contributed by atoms with van der Waals surface area (Å²) >= 11 is 0. The number of ether oxygens (including phenoxy) is 3. The standard InChI is InChI=1S/C39H40N4O6S.C2HF3O2/c40-38(41)32-11-6-12-36(24-32)47-27-33(42-50(45,46)37-18-15-30-9-4-5-10-31(30)25-37)23-28-13-16-34(17-14-28)49-35-19-21-43(22-20-35)39(44)48-26-29-7-2-1-3-8-29;3-2(4,5)1(6)7/h1-18,24-25,33,35,42H,19-23,26-27H2,(H3,40,41);(H,6,7)/t33-;/m0./s1. The number of carbonyl (C=O) groups excluding carboxylic acids is 1. The van der Waals surface area contributed by atoms with Crippen molar-refractivity contribution in [1.29, 1.82) is 5.41 Å². The minimum atomic E-state index is -5.08. The first-order valence-corrected chi connectivity index (χ1v) is 19.2. The highest BCUT2D eigenvalue weighted by molar-refractivity contribution is 7.89. The lowest BCUT2D eigenvalue weighted by atomic mass is 10.1. The molecule has 1 heterocycles. The van der Waals surface area contributed by atoms with Gasteiger partial charge in [0.2, 0.25) is 10.0 Å². The molecule has 1 saturated heterocycles. The number of amides is 1. The molecule has 1 aliphatic heterocycles. The van der Waals surface area contributed by atoms with Crippen molar-refractivity contribution in [3.8, 4) is 11.5 Å². The number of carboxylic acid groups (broad SMARTS) is 1. The zero-order valence-electron chi connectivity index (χ0n) is 30.5. The maximum Gasteiger partial charge on any atom is 0.490 e. The van der Waals surface area contributed by atoms with Crippen LogP contribution < -0.4 is 19.9 Å². The lowest BCUT2D eigenvalue weighted by Gasteiger charge is -2.31. The van der Waals surface area contributed by atoms with E-state index >= 15 is 0 Å². The van der Waals surface area contributed by atoms with Crippen molar-refractivity contribution in [2.75, 3.05) is 19.7 Å². The molecule has 1 fully saturated rings. The number of nitrogens with one attached hydrogen (secondary N) is 2. The Kier molecular flexibility index (Phi) is 14.1. The third kappa shape index (κ3) is 12.7. The van der Waals surface area contributed by atoms with Gasteiger partial charge in [0.25, 0.3) is 0 Å². The minimum Gasteiger partial charge on any atom is -0.492 e. The normalized spacial score (nSPS) is 13.8. The van der Waals surface area contributed by atoms with E-state index in [2.05, 4.69) is 4.72 Å². The first-order chi connectivity index (χ1) is 27.2. The Balaban J connectivity index is 0.000000811. The van der Waals surface area contributed by atoms with Crippen LogP contribution in [0.25, 0.3) is 10.8 Å². The number of sulfonamides is 1. The van der Waals surface area contributed by atoms with E-state index in [4.69, 9.17) is 35.3 Å². The molecule has 6 rings (SSSR count). The molecule has 1 amide bonds. The number of alkyl halides is 3. The average Bonchev–Trinajstić information content (AvgIpc) is 3.20. The molecule has 1 aliphatic rings. The zero-order chi connectivity index (χ0) is 41.0. The van der Waals surface area contributed by atoms with Gasteiger partial charge >= 0.3 is 18.2 Å². The van der Waals surface area contributed by atoms with E-state index in [0.29, 0.717) is 49.4 Å². The van der Waals surface area contributed by atoms with E-state index < -0.39 is 28.2 Å². The van der Waals surface area contributed by atoms with Crippen LogP contribution in [0, 0.1) is 5.41 Å². The van der Waals surface area contributed by atoms with Gasteiger partial charge in [-0.2, -0.15) is 13.2 Å². The largest absolute Gasteiger partial charge is 0.492 e. The average molecular weight is 807 g/mol. The molecule has 5 N–H and O–H groups in total. The van der Waals surface area contributed by atoms with Crippen molar-refractivity contribution in [2.45, 2.75) is 49.1 Å². The molecule has 1 atom stereocenters. The first kappa shape index (κ1) is 42.0. The third-order valence-corrected chi connectivity index (χ3v) is 10.3. The van der Waals surface area contributed by atoms with Crippen LogP contribution in [0.2, 0.25) is 0 Å². The quantitative estimate of drug-likeness (QED) is 0.0727. The number of rotatable bonds is 13. The molecule has 12 nitrogen and oxygen atoms in total. The fraction of sp³-hybridized carbons (Fsp3) is 0.244. The number of hydrogen-bond acceptors (Lipinski definition) is 8. The van der Waals surface area contributed by atoms with Crippen molar-refractivity contribution < 1.29 is 50.5 Å². The van der Waals surface area contributed by atoms with Gasteiger partial charge in [-0.05, 0) is 64.7 Å². The number of aliphatic carboxylic acids is 1. The first-order valence-electron chi connectivity index (χ1n) is 17.8. The predicted octanol–water partition coefficient (Wildman–Crippen LogP) is 6.91. The Hall–Kier alpha value is -6.13. The lowest BCUT2D eigenvalue weighted by Crippen LogP contribution is -2.42. The fourth-order valence-corrected chi connectivity index (χ4v) is 7.11. The van der Waals surface area contributed by atoms with Crippen molar-refractivity contribution in [3.05, 3.63) is 138 Å². The van der Waals surface area contributed by atoms with Crippen LogP contribution in [0.4, 0.5) is 18.0 Å². The molecule has 0 spiro atoms. The Morgan fingerprint density at radius 1 is 0.842 bits per heavy atom. The molecule has 57 heavy (non-hydrogen) atoms. The Labute approximate surface area is 327 Å². The highest BCUT2D eigenvalue weighted by Crippen LogP contribution is 2.23. The number of benzene rings is 5. The van der Waals surface area contributed by atoms with Crippen LogP contribution in [0.3, 0.4) is 0 Å². The summed E-state index contributed by atoms with van der Waals surface area (Å²) in [6.07, 6.45) is -3.73. The maximum atomic E-state index is 13.6. The van der Waals surface area contributed by atoms with Crippen molar-refractivity contribution in [2.24, 2.45) is 5.73 Å². The number of halogens is 3. The molecule has 0 radical (unpaired) electrons. The Morgan fingerprint density at radius 2 is 1.49 bits per heavy atom. The number of nitrogens with zero attached hydrogens (tertiary/aromatic N) is 1. The number of amidine groups is 1. The Bertz CT molecular complexity index is 2250. The van der Waals surface area contributed by atoms with Crippen LogP contribution in [0.5, 0.6) is 11.5 Å². The van der Waals surface area contributed by atoms with Gasteiger partial charge in [0.15, 0.2) is 0 Å². The number of carbonyl (C=O) groups is 2. The summed E-state index contributed by atoms with van der Waals surface area (Å²) in [5.74, 6) is -1.66. The number of piperidine rings is 1. The SMILES string of the molecule is N=C(N)c1cccc(OC[C@H](Cc2ccc(OC3CCN(C(=O)OCc4ccccc4)CC3)cc2)NS(=O)(=O)c2ccc3ccccc3c2)c1.O=C(O)C(F)(F)F. The van der Waals surface area contributed by atoms with Crippen molar-refractivity contribution in [1.82, 2.24) is 9.62 Å². The number of hydrogen-bond donors (Lipinski definition) is 4. The second-order valence-electron chi connectivity index (χ2n) is 13.1. The van der Waals surface area contributed by atoms with Crippen LogP contribution in [0.1, 0.15) is 29.5 Å². The zero-order valence-corrected chi connectivity index (χ0v) is 31.3. The topological polar surface area (TPSA) is 181 Å². The third-order valence-electron chi connectivity index (χ3n) is 8.81. The highest BCUT2D eigenvalue weighted by atomic mass is 32.2. The van der Waals surface area contributed by atoms with Crippen LogP contribution in [-0.4, -0.2) is 74.3 Å². The van der Waals surface area contributed by atoms with E-state index in [1.165, 1.54) is 0 Å². The van der Waals surface area contributed by atoms with Gasteiger partial charge in [-0.3, -0.25) is 5.41 Å². The van der Waals surface area contributed by atoms with E-state index in [0.717, 1.165) is 21.9 Å². The van der Waals surface area contributed by atoms with Crippen molar-refractivity contribution in [3.63, 3.8) is 0 Å². The summed E-state index contributed by atoms with van der Waals surface area (Å²) in [6.45, 7) is 1.38. The summed E-state index contributed by atoms with van der Waals surface area (Å²) < 4.78 is 79.6. The van der Waals surface area contributed by atoms with Crippen LogP contribution >= 0.6 is 0 Å². The number of fused-ring (bicyclic) bond motifs is 1. The number of carboxylic acids is 1. The molecule has 5 aromatic rings. The molecular formula is C41H41F3N4O8S. The number of nitrogen functional groups attached to an aromatic ring is 1. The minimum absolute atomic E-state index is 0.0405. The van der Waals surface area contributed by atoms with Crippen molar-refractivity contribution >= 4 is 38.7 Å². The molecule has 5 aromatic carbocycles. The molecule has 0 saturated carbocycles. The van der Waals surface area contributed by atoms with Gasteiger partial charge in [-0.25, -0.2) is 22.7 Å². The lowest BCUT2D eigenvalue weighted by molar-refractivity contribution is -0.192. The van der Waals surface area contributed by atoms with E-state index in [9.17, 15) is 26.4 Å². The molecule has 0 aliphatic carbocycles. The van der Waals surface area contributed by atoms with E-state index in [-0.39, 0.29) is 36.1 Å². The summed E-state index contributed by atoms with van der Waals surface area (Å²) in [7, 11) is -3.90. The fourth-order valence-electron chi connectivity index (χ4n) is 5.85. The monoisotopic (exact) mass is 806 g/mol. The van der Waals surface area contributed by atoms with E-state index in [1.807, 2.05) is 78.9 Å². The molecular weight excluding hydrogens is 766 g/mol. The number of likely N-dealkylation sites (tertiary alicyclic amines) is 1. The summed E-state index contributed by atoms with van der Waals surface area (Å²) in [4.78, 5) is 23.3. The highest BCUT2D eigenvalue weighted by Gasteiger charge is 2.38. The van der Waals surface area contributed by atoms with Gasteiger partial charge in [-0.15, -0.1) is 0 Å². The van der Waals surface area contributed by atoms with Gasteiger partial charge < -0.3 is 30.0 Å². The second-order valence-corrected chi connectivity index (χ2v) is 14.8. The second kappa shape index (κ2) is 19.1. The van der Waals surface area contributed by atoms with Crippen LogP contribution in [-0.2, 0) is 32.6 Å². The molecule has 0 unspecified atom stereocenters. The molecule has 16 heteroatoms. The molecule has 0 bridgehead atoms. The smallest absolute Gasteiger partial charge is 0.490 e. The maximum absolute atomic E-state index is 13.6. The molecule has 0 aromatic heterocycles. The summed E-state index contributed by atoms with van der Waals surface area (Å²) in [6, 6.07) is 36.1. The van der Waals surface area contributed by atoms with Crippen LogP contribution in [0.15, 0.2) is 126 Å². The van der Waals surface area contributed by atoms with Gasteiger partial charge in [0.1, 0.15) is 36.7 Å². The predicted molar refractivity (Wildman–Crippen MR) is 207 cm³/mol. The van der Waals surface area contributed by atoms with Gasteiger partial charge in [0, 0.05) is 31.5 Å². The van der Waals surface area contributed by atoms with Gasteiger partial charge in [-0.1, -0.05) is 84.9 Å². The van der Waals surface area contributed by atoms with E-state index in [1.54, 1.807) is 47.4 Å². The Morgan fingerprint density at radius 3 is 2.14 bits per heavy atom. The summed E-state index contributed by atoms with van der Waals surface area (Å²) in [5.41, 5.74) is 8.00. The number of nitrogens with two attached hydrogens (primary N) is 1. The van der Waals surface area contributed by atoms with Gasteiger partial charge in [0.05, 0.1) is 10.9 Å².